The van der Waals surface area contributed by atoms with Gasteiger partial charge in [-0.1, -0.05) is 13.8 Å². The van der Waals surface area contributed by atoms with E-state index in [1.165, 1.54) is 0 Å². The van der Waals surface area contributed by atoms with E-state index in [9.17, 15) is 4.79 Å². The normalized spacial score (nSPS) is 12.8. The number of carboxylic acid groups (broad SMARTS) is 1. The van der Waals surface area contributed by atoms with Crippen LogP contribution in [0.5, 0.6) is 0 Å². The molecule has 1 heterocycles. The second kappa shape index (κ2) is 4.79. The lowest BCUT2D eigenvalue weighted by atomic mass is 10.1. The fourth-order valence-corrected chi connectivity index (χ4v) is 1.02. The average molecular weight is 214 g/mol. The summed E-state index contributed by atoms with van der Waals surface area (Å²) < 4.78 is 4.89. The summed E-state index contributed by atoms with van der Waals surface area (Å²) in [6.45, 7) is 3.78. The first-order valence-corrected chi connectivity index (χ1v) is 4.60. The molecule has 1 atom stereocenters. The molecule has 0 aliphatic rings. The molecule has 0 bridgehead atoms. The molecule has 0 unspecified atom stereocenters. The van der Waals surface area contributed by atoms with Crippen molar-refractivity contribution in [1.82, 2.24) is 4.98 Å². The summed E-state index contributed by atoms with van der Waals surface area (Å²) in [4.78, 5) is 14.2. The summed E-state index contributed by atoms with van der Waals surface area (Å²) in [7, 11) is 0. The first-order chi connectivity index (χ1) is 7.04. The molecule has 84 valence electrons. The Bertz CT molecular complexity index is 335. The highest BCUT2D eigenvalue weighted by Gasteiger charge is 2.16. The van der Waals surface area contributed by atoms with Crippen molar-refractivity contribution in [2.24, 2.45) is 5.92 Å². The van der Waals surface area contributed by atoms with Gasteiger partial charge in [0, 0.05) is 0 Å². The molecule has 0 aliphatic carbocycles. The van der Waals surface area contributed by atoms with Crippen molar-refractivity contribution in [3.63, 3.8) is 0 Å². The number of nitrogens with zero attached hydrogens (tertiary/aromatic N) is 1. The number of aromatic carboxylic acids is 1. The number of aromatic nitrogens is 1. The van der Waals surface area contributed by atoms with E-state index in [0.29, 0.717) is 0 Å². The summed E-state index contributed by atoms with van der Waals surface area (Å²) in [5, 5.41) is 20.4. The highest BCUT2D eigenvalue weighted by Crippen LogP contribution is 2.12. The molecule has 1 aromatic heterocycles. The predicted octanol–water partition coefficient (Wildman–Crippen LogP) is 0.802. The van der Waals surface area contributed by atoms with Crippen LogP contribution in [0.25, 0.3) is 0 Å². The van der Waals surface area contributed by atoms with Gasteiger partial charge < -0.3 is 19.9 Å². The second-order valence-electron chi connectivity index (χ2n) is 3.52. The average Bonchev–Trinajstić information content (AvgIpc) is 2.61. The Morgan fingerprint density at radius 2 is 2.33 bits per heavy atom. The van der Waals surface area contributed by atoms with E-state index in [0.717, 1.165) is 6.26 Å². The zero-order chi connectivity index (χ0) is 11.4. The summed E-state index contributed by atoms with van der Waals surface area (Å²) >= 11 is 0. The summed E-state index contributed by atoms with van der Waals surface area (Å²) in [6, 6.07) is -0.0922. The van der Waals surface area contributed by atoms with Crippen LogP contribution in [0.15, 0.2) is 10.7 Å². The molecule has 6 heteroatoms. The number of carboxylic acids is 1. The quantitative estimate of drug-likeness (QED) is 0.671. The lowest BCUT2D eigenvalue weighted by Crippen LogP contribution is -2.29. The van der Waals surface area contributed by atoms with Gasteiger partial charge in [0.15, 0.2) is 5.69 Å². The van der Waals surface area contributed by atoms with Crippen molar-refractivity contribution in [3.8, 4) is 0 Å². The van der Waals surface area contributed by atoms with Crippen molar-refractivity contribution < 1.29 is 19.4 Å². The minimum Gasteiger partial charge on any atom is -0.476 e. The molecule has 6 nitrogen and oxygen atoms in total. The summed E-state index contributed by atoms with van der Waals surface area (Å²) in [5.41, 5.74) is -0.155. The lowest BCUT2D eigenvalue weighted by Gasteiger charge is -2.18. The summed E-state index contributed by atoms with van der Waals surface area (Å²) in [5.74, 6) is -0.952. The molecule has 0 radical (unpaired) electrons. The third-order valence-corrected chi connectivity index (χ3v) is 2.03. The standard InChI is InChI=1S/C9H14N2O4/c1-5(2)6(3-12)10-9-11-7(4-15-9)8(13)14/h4-6,12H,3H2,1-2H3,(H,10,11)(H,13,14)/t6-/m1/s1. The molecule has 0 spiro atoms. The molecule has 0 aromatic carbocycles. The van der Waals surface area contributed by atoms with Gasteiger partial charge in [-0.3, -0.25) is 0 Å². The third-order valence-electron chi connectivity index (χ3n) is 2.03. The highest BCUT2D eigenvalue weighted by atomic mass is 16.4. The number of aliphatic hydroxyl groups excluding tert-OH is 1. The largest absolute Gasteiger partial charge is 0.476 e. The van der Waals surface area contributed by atoms with Gasteiger partial charge in [-0.2, -0.15) is 4.98 Å². The molecule has 1 aromatic rings. The molecular formula is C9H14N2O4. The van der Waals surface area contributed by atoms with Gasteiger partial charge in [0.1, 0.15) is 6.26 Å². The molecule has 1 rings (SSSR count). The molecule has 3 N–H and O–H groups in total. The van der Waals surface area contributed by atoms with Crippen LogP contribution in [0, 0.1) is 5.92 Å². The first-order valence-electron chi connectivity index (χ1n) is 4.60. The van der Waals surface area contributed by atoms with E-state index in [1.54, 1.807) is 0 Å². The number of nitrogens with one attached hydrogen (secondary N) is 1. The van der Waals surface area contributed by atoms with Crippen molar-refractivity contribution in [3.05, 3.63) is 12.0 Å². The van der Waals surface area contributed by atoms with Crippen LogP contribution < -0.4 is 5.32 Å². The number of oxazole rings is 1. The molecular weight excluding hydrogens is 200 g/mol. The zero-order valence-corrected chi connectivity index (χ0v) is 8.60. The Labute approximate surface area is 86.9 Å². The van der Waals surface area contributed by atoms with Gasteiger partial charge in [0.2, 0.25) is 0 Å². The number of carbonyl (C=O) groups is 1. The molecule has 0 saturated carbocycles. The topological polar surface area (TPSA) is 95.6 Å². The maximum Gasteiger partial charge on any atom is 0.357 e. The fraction of sp³-hybridized carbons (Fsp3) is 0.556. The van der Waals surface area contributed by atoms with Crippen LogP contribution in [-0.2, 0) is 0 Å². The molecule has 0 amide bonds. The number of anilines is 1. The Hall–Kier alpha value is -1.56. The van der Waals surface area contributed by atoms with Gasteiger partial charge in [0.25, 0.3) is 6.01 Å². The maximum absolute atomic E-state index is 10.5. The van der Waals surface area contributed by atoms with Crippen LogP contribution >= 0.6 is 0 Å². The van der Waals surface area contributed by atoms with E-state index < -0.39 is 5.97 Å². The lowest BCUT2D eigenvalue weighted by molar-refractivity contribution is 0.0690. The Morgan fingerprint density at radius 1 is 1.67 bits per heavy atom. The van der Waals surface area contributed by atoms with Crippen molar-refractivity contribution in [2.45, 2.75) is 19.9 Å². The minimum atomic E-state index is -1.14. The van der Waals surface area contributed by atoms with Gasteiger partial charge in [-0.25, -0.2) is 4.79 Å². The van der Waals surface area contributed by atoms with E-state index in [2.05, 4.69) is 10.3 Å². The van der Waals surface area contributed by atoms with Crippen LogP contribution in [0.2, 0.25) is 0 Å². The fourth-order valence-electron chi connectivity index (χ4n) is 1.02. The van der Waals surface area contributed by atoms with Crippen LogP contribution in [0.1, 0.15) is 24.3 Å². The van der Waals surface area contributed by atoms with E-state index in [-0.39, 0.29) is 30.3 Å². The Kier molecular flexibility index (Phi) is 3.68. The third kappa shape index (κ3) is 2.95. The second-order valence-corrected chi connectivity index (χ2v) is 3.52. The van der Waals surface area contributed by atoms with Crippen molar-refractivity contribution >= 4 is 12.0 Å². The number of hydrogen-bond donors (Lipinski definition) is 3. The predicted molar refractivity (Wildman–Crippen MR) is 52.8 cm³/mol. The zero-order valence-electron chi connectivity index (χ0n) is 8.60. The SMILES string of the molecule is CC(C)[C@@H](CO)Nc1nc(C(=O)O)co1. The number of hydrogen-bond acceptors (Lipinski definition) is 5. The maximum atomic E-state index is 10.5. The number of aliphatic hydroxyl groups is 1. The monoisotopic (exact) mass is 214 g/mol. The smallest absolute Gasteiger partial charge is 0.357 e. The molecule has 0 fully saturated rings. The van der Waals surface area contributed by atoms with Crippen molar-refractivity contribution in [2.75, 3.05) is 11.9 Å². The molecule has 0 saturated heterocycles. The van der Waals surface area contributed by atoms with Crippen LogP contribution in [0.4, 0.5) is 6.01 Å². The molecule has 15 heavy (non-hydrogen) atoms. The van der Waals surface area contributed by atoms with Gasteiger partial charge in [0.05, 0.1) is 12.6 Å². The Morgan fingerprint density at radius 3 is 2.73 bits per heavy atom. The van der Waals surface area contributed by atoms with E-state index in [4.69, 9.17) is 14.6 Å². The number of rotatable bonds is 5. The van der Waals surface area contributed by atoms with Gasteiger partial charge in [-0.05, 0) is 5.92 Å². The first kappa shape index (κ1) is 11.5. The van der Waals surface area contributed by atoms with E-state index in [1.807, 2.05) is 13.8 Å². The molecule has 0 aliphatic heterocycles. The minimum absolute atomic E-state index is 0.0670. The summed E-state index contributed by atoms with van der Waals surface area (Å²) in [6.07, 6.45) is 1.05. The van der Waals surface area contributed by atoms with Crippen molar-refractivity contribution in [1.29, 1.82) is 0 Å². The van der Waals surface area contributed by atoms with Crippen LogP contribution in [0.3, 0.4) is 0 Å². The van der Waals surface area contributed by atoms with Gasteiger partial charge in [-0.15, -0.1) is 0 Å². The highest BCUT2D eigenvalue weighted by molar-refractivity contribution is 5.85. The Balaban J connectivity index is 2.67. The van der Waals surface area contributed by atoms with E-state index >= 15 is 0 Å². The van der Waals surface area contributed by atoms with Crippen LogP contribution in [-0.4, -0.2) is 33.8 Å². The van der Waals surface area contributed by atoms with Gasteiger partial charge >= 0.3 is 5.97 Å².